The highest BCUT2D eigenvalue weighted by Gasteiger charge is 2.14. The molecule has 2 aromatic carbocycles. The van der Waals surface area contributed by atoms with Crippen LogP contribution in [0.15, 0.2) is 63.0 Å². The summed E-state index contributed by atoms with van der Waals surface area (Å²) < 4.78 is 0.816. The number of rotatable bonds is 6. The van der Waals surface area contributed by atoms with Crippen molar-refractivity contribution in [1.29, 1.82) is 0 Å². The molecule has 0 radical (unpaired) electrons. The summed E-state index contributed by atoms with van der Waals surface area (Å²) in [6.45, 7) is 4.17. The highest BCUT2D eigenvalue weighted by Crippen LogP contribution is 2.33. The molecule has 0 bridgehead atoms. The molecule has 5 aromatic rings. The molecular weight excluding hydrogens is 458 g/mol. The predicted molar refractivity (Wildman–Crippen MR) is 134 cm³/mol. The van der Waals surface area contributed by atoms with Crippen LogP contribution in [0.5, 0.6) is 0 Å². The third kappa shape index (κ3) is 4.19. The van der Waals surface area contributed by atoms with E-state index in [-0.39, 0.29) is 5.56 Å². The van der Waals surface area contributed by atoms with E-state index >= 15 is 0 Å². The van der Waals surface area contributed by atoms with Crippen LogP contribution in [0.4, 0.5) is 10.8 Å². The number of nitrogens with one attached hydrogen (secondary N) is 2. The lowest BCUT2D eigenvalue weighted by molar-refractivity contribution is 1.00. The minimum absolute atomic E-state index is 0.111. The van der Waals surface area contributed by atoms with Crippen molar-refractivity contribution in [2.45, 2.75) is 23.9 Å². The van der Waals surface area contributed by atoms with Gasteiger partial charge in [-0.2, -0.15) is 0 Å². The Balaban J connectivity index is 1.32. The first-order valence-electron chi connectivity index (χ1n) is 9.94. The molecule has 0 aliphatic heterocycles. The fourth-order valence-corrected chi connectivity index (χ4v) is 5.94. The summed E-state index contributed by atoms with van der Waals surface area (Å²) in [5.41, 5.74) is 5.28. The zero-order valence-electron chi connectivity index (χ0n) is 17.4. The van der Waals surface area contributed by atoms with Crippen molar-refractivity contribution in [3.63, 3.8) is 0 Å². The van der Waals surface area contributed by atoms with Gasteiger partial charge in [-0.25, -0.2) is 4.98 Å². The van der Waals surface area contributed by atoms with E-state index in [0.717, 1.165) is 31.1 Å². The van der Waals surface area contributed by atoms with Crippen molar-refractivity contribution in [2.24, 2.45) is 0 Å². The second kappa shape index (κ2) is 8.85. The monoisotopic (exact) mass is 477 g/mol. The maximum Gasteiger partial charge on any atom is 0.260 e. The van der Waals surface area contributed by atoms with Crippen molar-refractivity contribution >= 4 is 55.5 Å². The van der Waals surface area contributed by atoms with Gasteiger partial charge in [0.2, 0.25) is 5.13 Å². The van der Waals surface area contributed by atoms with Crippen molar-refractivity contribution < 1.29 is 0 Å². The Morgan fingerprint density at radius 3 is 2.75 bits per heavy atom. The van der Waals surface area contributed by atoms with Gasteiger partial charge in [0.25, 0.3) is 5.56 Å². The van der Waals surface area contributed by atoms with Crippen LogP contribution in [-0.4, -0.2) is 20.2 Å². The van der Waals surface area contributed by atoms with Crippen LogP contribution in [0.3, 0.4) is 0 Å². The fraction of sp³-hybridized carbons (Fsp3) is 0.130. The predicted octanol–water partition coefficient (Wildman–Crippen LogP) is 6.16. The number of hydrogen-bond acceptors (Lipinski definition) is 8. The molecule has 3 aromatic heterocycles. The van der Waals surface area contributed by atoms with Crippen molar-refractivity contribution in [2.75, 3.05) is 5.32 Å². The summed E-state index contributed by atoms with van der Waals surface area (Å²) in [5, 5.41) is 15.2. The highest BCUT2D eigenvalue weighted by molar-refractivity contribution is 8.00. The first-order chi connectivity index (χ1) is 15.6. The Kier molecular flexibility index (Phi) is 5.77. The van der Waals surface area contributed by atoms with Gasteiger partial charge in [0.1, 0.15) is 10.7 Å². The van der Waals surface area contributed by atoms with Gasteiger partial charge in [-0.05, 0) is 36.6 Å². The number of benzene rings is 2. The average Bonchev–Trinajstić information content (AvgIpc) is 3.43. The summed E-state index contributed by atoms with van der Waals surface area (Å²) >= 11 is 4.48. The third-order valence-corrected chi connectivity index (χ3v) is 8.02. The van der Waals surface area contributed by atoms with E-state index in [9.17, 15) is 4.79 Å². The SMILES string of the molecule is Cc1cccc(Nc2nnc(SCc3nc4scc(-c5ccccc5)c4c(=O)[nH]3)s2)c1C. The maximum absolute atomic E-state index is 12.8. The van der Waals surface area contributed by atoms with Crippen LogP contribution in [0.1, 0.15) is 17.0 Å². The fourth-order valence-electron chi connectivity index (χ4n) is 3.34. The van der Waals surface area contributed by atoms with Gasteiger partial charge in [0, 0.05) is 16.6 Å². The van der Waals surface area contributed by atoms with Crippen LogP contribution in [0, 0.1) is 13.8 Å². The van der Waals surface area contributed by atoms with E-state index < -0.39 is 0 Å². The smallest absolute Gasteiger partial charge is 0.260 e. The molecule has 0 unspecified atom stereocenters. The molecule has 5 rings (SSSR count). The standard InChI is InChI=1S/C23H19N5OS3/c1-13-7-6-10-17(14(13)2)24-22-27-28-23(32-22)31-12-18-25-20(29)19-16(11-30-21(19)26-18)15-8-4-3-5-9-15/h3-11H,12H2,1-2H3,(H,24,27)(H,25,26,29). The van der Waals surface area contributed by atoms with E-state index in [1.54, 1.807) is 0 Å². The lowest BCUT2D eigenvalue weighted by Crippen LogP contribution is -2.10. The molecule has 32 heavy (non-hydrogen) atoms. The number of fused-ring (bicyclic) bond motifs is 1. The number of thiophene rings is 1. The number of aromatic nitrogens is 4. The summed E-state index contributed by atoms with van der Waals surface area (Å²) in [4.78, 5) is 21.2. The lowest BCUT2D eigenvalue weighted by Gasteiger charge is -2.08. The van der Waals surface area contributed by atoms with E-state index in [1.807, 2.05) is 47.8 Å². The van der Waals surface area contributed by atoms with Crippen LogP contribution >= 0.6 is 34.4 Å². The van der Waals surface area contributed by atoms with Crippen molar-refractivity contribution in [3.8, 4) is 11.1 Å². The Labute approximate surface area is 196 Å². The van der Waals surface area contributed by atoms with Gasteiger partial charge in [-0.15, -0.1) is 21.5 Å². The summed E-state index contributed by atoms with van der Waals surface area (Å²) in [7, 11) is 0. The molecular formula is C23H19N5OS3. The number of nitrogens with zero attached hydrogens (tertiary/aromatic N) is 3. The van der Waals surface area contributed by atoms with Gasteiger partial charge in [0.05, 0.1) is 11.1 Å². The molecule has 0 spiro atoms. The Bertz CT molecular complexity index is 1460. The minimum Gasteiger partial charge on any atom is -0.330 e. The van der Waals surface area contributed by atoms with E-state index in [4.69, 9.17) is 0 Å². The maximum atomic E-state index is 12.8. The van der Waals surface area contributed by atoms with Crippen LogP contribution < -0.4 is 10.9 Å². The Hall–Kier alpha value is -3.01. The molecule has 0 saturated carbocycles. The van der Waals surface area contributed by atoms with E-state index in [1.165, 1.54) is 45.6 Å². The quantitative estimate of drug-likeness (QED) is 0.285. The van der Waals surface area contributed by atoms with Crippen LogP contribution in [-0.2, 0) is 5.75 Å². The largest absolute Gasteiger partial charge is 0.330 e. The normalized spacial score (nSPS) is 11.2. The van der Waals surface area contributed by atoms with Crippen LogP contribution in [0.2, 0.25) is 0 Å². The number of thioether (sulfide) groups is 1. The number of hydrogen-bond donors (Lipinski definition) is 2. The first-order valence-corrected chi connectivity index (χ1v) is 12.6. The van der Waals surface area contributed by atoms with Crippen molar-refractivity contribution in [3.05, 3.63) is 81.2 Å². The van der Waals surface area contributed by atoms with Gasteiger partial charge in [-0.3, -0.25) is 4.79 Å². The Morgan fingerprint density at radius 2 is 1.91 bits per heavy atom. The molecule has 2 N–H and O–H groups in total. The topological polar surface area (TPSA) is 83.6 Å². The molecule has 9 heteroatoms. The first kappa shape index (κ1) is 20.9. The zero-order valence-corrected chi connectivity index (χ0v) is 19.8. The summed E-state index contributed by atoms with van der Waals surface area (Å²) in [6, 6.07) is 16.1. The highest BCUT2D eigenvalue weighted by atomic mass is 32.2. The second-order valence-corrected chi connectivity index (χ2v) is 10.3. The van der Waals surface area contributed by atoms with E-state index in [0.29, 0.717) is 17.0 Å². The molecule has 0 amide bonds. The Morgan fingerprint density at radius 1 is 1.06 bits per heavy atom. The average molecular weight is 478 g/mol. The number of anilines is 2. The van der Waals surface area contributed by atoms with Gasteiger partial charge in [0.15, 0.2) is 4.34 Å². The molecule has 0 aliphatic carbocycles. The molecule has 160 valence electrons. The minimum atomic E-state index is -0.111. The second-order valence-electron chi connectivity index (χ2n) is 7.24. The zero-order chi connectivity index (χ0) is 22.1. The summed E-state index contributed by atoms with van der Waals surface area (Å²) in [5.74, 6) is 1.15. The molecule has 6 nitrogen and oxygen atoms in total. The molecule has 0 saturated heterocycles. The number of aromatic amines is 1. The number of aryl methyl sites for hydroxylation is 1. The molecule has 0 fully saturated rings. The molecule has 0 aliphatic rings. The number of H-pyrrole nitrogens is 1. The van der Waals surface area contributed by atoms with Crippen molar-refractivity contribution in [1.82, 2.24) is 20.2 Å². The molecule has 3 heterocycles. The molecule has 0 atom stereocenters. The van der Waals surface area contributed by atoms with Gasteiger partial charge in [-0.1, -0.05) is 65.6 Å². The van der Waals surface area contributed by atoms with Crippen LogP contribution in [0.25, 0.3) is 21.3 Å². The van der Waals surface area contributed by atoms with Gasteiger partial charge < -0.3 is 10.3 Å². The van der Waals surface area contributed by atoms with Gasteiger partial charge >= 0.3 is 0 Å². The third-order valence-electron chi connectivity index (χ3n) is 5.16. The summed E-state index contributed by atoms with van der Waals surface area (Å²) in [6.07, 6.45) is 0. The van der Waals surface area contributed by atoms with E-state index in [2.05, 4.69) is 45.4 Å². The lowest BCUT2D eigenvalue weighted by atomic mass is 10.1.